The van der Waals surface area contributed by atoms with Crippen LogP contribution < -0.4 is 10.1 Å². The van der Waals surface area contributed by atoms with E-state index < -0.39 is 5.82 Å². The van der Waals surface area contributed by atoms with Gasteiger partial charge in [-0.15, -0.1) is 0 Å². The Kier molecular flexibility index (Phi) is 5.33. The number of aryl methyl sites for hydroxylation is 1. The van der Waals surface area contributed by atoms with Crippen molar-refractivity contribution in [3.8, 4) is 5.75 Å². The number of nitrogens with one attached hydrogen (secondary N) is 1. The maximum atomic E-state index is 13.4. The van der Waals surface area contributed by atoms with Gasteiger partial charge in [-0.1, -0.05) is 19.1 Å². The van der Waals surface area contributed by atoms with Crippen molar-refractivity contribution in [2.45, 2.75) is 26.3 Å². The van der Waals surface area contributed by atoms with Gasteiger partial charge in [0.15, 0.2) is 11.6 Å². The first-order valence-corrected chi connectivity index (χ1v) is 8.43. The van der Waals surface area contributed by atoms with Gasteiger partial charge < -0.3 is 14.6 Å². The molecule has 1 heterocycles. The number of anilines is 1. The van der Waals surface area contributed by atoms with E-state index in [1.807, 2.05) is 24.3 Å². The summed E-state index contributed by atoms with van der Waals surface area (Å²) in [5, 5.41) is 3.95. The van der Waals surface area contributed by atoms with Crippen LogP contribution in [0.4, 0.5) is 10.1 Å². The van der Waals surface area contributed by atoms with Gasteiger partial charge in [-0.25, -0.2) is 4.39 Å². The molecule has 0 saturated heterocycles. The standard InChI is InChI=1S/C20H21FN2O2/c1-2-11-23-12-9-15-14-16(7-8-18(15)23)22-20(24)10-13-25-19-6-4-3-5-17(19)21/h3-9,12,14H,2,10-11,13H2,1H3,(H,22,24). The Labute approximate surface area is 146 Å². The van der Waals surface area contributed by atoms with Crippen LogP contribution in [-0.2, 0) is 11.3 Å². The molecule has 5 heteroatoms. The summed E-state index contributed by atoms with van der Waals surface area (Å²) in [6, 6.07) is 14.1. The summed E-state index contributed by atoms with van der Waals surface area (Å²) < 4.78 is 20.9. The van der Waals surface area contributed by atoms with E-state index in [1.54, 1.807) is 18.2 Å². The molecule has 0 saturated carbocycles. The minimum atomic E-state index is -0.426. The van der Waals surface area contributed by atoms with Gasteiger partial charge in [0.25, 0.3) is 0 Å². The largest absolute Gasteiger partial charge is 0.490 e. The third-order valence-electron chi connectivity index (χ3n) is 3.94. The van der Waals surface area contributed by atoms with Gasteiger partial charge in [0.1, 0.15) is 0 Å². The number of nitrogens with zero attached hydrogens (tertiary/aromatic N) is 1. The van der Waals surface area contributed by atoms with Gasteiger partial charge in [-0.2, -0.15) is 0 Å². The zero-order valence-corrected chi connectivity index (χ0v) is 14.2. The maximum absolute atomic E-state index is 13.4. The topological polar surface area (TPSA) is 43.3 Å². The molecule has 4 nitrogen and oxygen atoms in total. The van der Waals surface area contributed by atoms with E-state index in [0.29, 0.717) is 0 Å². The molecular weight excluding hydrogens is 319 g/mol. The van der Waals surface area contributed by atoms with Crippen LogP contribution in [-0.4, -0.2) is 17.1 Å². The number of ether oxygens (including phenoxy) is 1. The van der Waals surface area contributed by atoms with Gasteiger partial charge in [-0.3, -0.25) is 4.79 Å². The van der Waals surface area contributed by atoms with E-state index >= 15 is 0 Å². The summed E-state index contributed by atoms with van der Waals surface area (Å²) in [7, 11) is 0. The summed E-state index contributed by atoms with van der Waals surface area (Å²) in [5.41, 5.74) is 1.90. The molecule has 0 aliphatic heterocycles. The van der Waals surface area contributed by atoms with Crippen LogP contribution in [0.2, 0.25) is 0 Å². The zero-order chi connectivity index (χ0) is 17.6. The van der Waals surface area contributed by atoms with Crippen molar-refractivity contribution in [3.63, 3.8) is 0 Å². The van der Waals surface area contributed by atoms with E-state index in [-0.39, 0.29) is 24.7 Å². The van der Waals surface area contributed by atoms with Crippen LogP contribution >= 0.6 is 0 Å². The van der Waals surface area contributed by atoms with Crippen LogP contribution in [0.25, 0.3) is 10.9 Å². The van der Waals surface area contributed by atoms with Crippen LogP contribution in [0.5, 0.6) is 5.75 Å². The Morgan fingerprint density at radius 3 is 2.84 bits per heavy atom. The molecule has 130 valence electrons. The van der Waals surface area contributed by atoms with Crippen molar-refractivity contribution in [2.75, 3.05) is 11.9 Å². The quantitative estimate of drug-likeness (QED) is 0.683. The Morgan fingerprint density at radius 2 is 2.04 bits per heavy atom. The summed E-state index contributed by atoms with van der Waals surface area (Å²) in [6.45, 7) is 3.24. The van der Waals surface area contributed by atoms with Gasteiger partial charge in [0, 0.05) is 29.3 Å². The predicted octanol–water partition coefficient (Wildman–Crippen LogP) is 4.60. The monoisotopic (exact) mass is 340 g/mol. The van der Waals surface area contributed by atoms with E-state index in [9.17, 15) is 9.18 Å². The lowest BCUT2D eigenvalue weighted by atomic mass is 10.2. The highest BCUT2D eigenvalue weighted by Gasteiger charge is 2.07. The molecule has 0 atom stereocenters. The number of aromatic nitrogens is 1. The number of rotatable bonds is 7. The normalized spacial score (nSPS) is 10.8. The molecule has 0 unspecified atom stereocenters. The van der Waals surface area contributed by atoms with Crippen LogP contribution in [0.15, 0.2) is 54.7 Å². The molecule has 0 aliphatic carbocycles. The fraction of sp³-hybridized carbons (Fsp3) is 0.250. The predicted molar refractivity (Wildman–Crippen MR) is 97.4 cm³/mol. The Balaban J connectivity index is 1.56. The third kappa shape index (κ3) is 4.18. The fourth-order valence-corrected chi connectivity index (χ4v) is 2.75. The molecule has 0 fully saturated rings. The lowest BCUT2D eigenvalue weighted by molar-refractivity contribution is -0.116. The minimum Gasteiger partial charge on any atom is -0.490 e. The highest BCUT2D eigenvalue weighted by molar-refractivity contribution is 5.94. The Bertz CT molecular complexity index is 873. The second-order valence-corrected chi connectivity index (χ2v) is 5.86. The van der Waals surface area contributed by atoms with Crippen LogP contribution in [0.3, 0.4) is 0 Å². The molecule has 1 aromatic heterocycles. The number of carbonyl (C=O) groups is 1. The van der Waals surface area contributed by atoms with E-state index in [1.165, 1.54) is 6.07 Å². The number of halogens is 1. The SMILES string of the molecule is CCCn1ccc2cc(NC(=O)CCOc3ccccc3F)ccc21. The summed E-state index contributed by atoms with van der Waals surface area (Å²) in [4.78, 5) is 12.0. The molecule has 0 spiro atoms. The van der Waals surface area contributed by atoms with Crippen LogP contribution in [0.1, 0.15) is 19.8 Å². The third-order valence-corrected chi connectivity index (χ3v) is 3.94. The average molecular weight is 340 g/mol. The second kappa shape index (κ2) is 7.83. The number of hydrogen-bond acceptors (Lipinski definition) is 2. The average Bonchev–Trinajstić information content (AvgIpc) is 2.99. The second-order valence-electron chi connectivity index (χ2n) is 5.86. The number of para-hydroxylation sites is 1. The summed E-state index contributed by atoms with van der Waals surface area (Å²) in [5.74, 6) is -0.428. The van der Waals surface area contributed by atoms with Gasteiger partial charge in [0.2, 0.25) is 5.91 Å². The highest BCUT2D eigenvalue weighted by atomic mass is 19.1. The number of carbonyl (C=O) groups excluding carboxylic acids is 1. The molecular formula is C20H21FN2O2. The van der Waals surface area contributed by atoms with E-state index in [4.69, 9.17) is 4.74 Å². The number of benzene rings is 2. The van der Waals surface area contributed by atoms with Gasteiger partial charge >= 0.3 is 0 Å². The fourth-order valence-electron chi connectivity index (χ4n) is 2.75. The lowest BCUT2D eigenvalue weighted by Gasteiger charge is -2.09. The number of hydrogen-bond donors (Lipinski definition) is 1. The van der Waals surface area contributed by atoms with E-state index in [0.717, 1.165) is 29.6 Å². The highest BCUT2D eigenvalue weighted by Crippen LogP contribution is 2.21. The van der Waals surface area contributed by atoms with Crippen LogP contribution in [0, 0.1) is 5.82 Å². The smallest absolute Gasteiger partial charge is 0.227 e. The molecule has 25 heavy (non-hydrogen) atoms. The van der Waals surface area contributed by atoms with E-state index in [2.05, 4.69) is 23.0 Å². The molecule has 3 rings (SSSR count). The van der Waals surface area contributed by atoms with Crippen molar-refractivity contribution in [1.29, 1.82) is 0 Å². The van der Waals surface area contributed by atoms with Crippen molar-refractivity contribution >= 4 is 22.5 Å². The first kappa shape index (κ1) is 17.0. The molecule has 2 aromatic carbocycles. The first-order chi connectivity index (χ1) is 12.2. The van der Waals surface area contributed by atoms with Crippen molar-refractivity contribution < 1.29 is 13.9 Å². The zero-order valence-electron chi connectivity index (χ0n) is 14.2. The summed E-state index contributed by atoms with van der Waals surface area (Å²) in [6.07, 6.45) is 3.29. The van der Waals surface area contributed by atoms with Crippen molar-refractivity contribution in [2.24, 2.45) is 0 Å². The molecule has 1 amide bonds. The number of fused-ring (bicyclic) bond motifs is 1. The molecule has 1 N–H and O–H groups in total. The molecule has 0 bridgehead atoms. The van der Waals surface area contributed by atoms with Gasteiger partial charge in [0.05, 0.1) is 13.0 Å². The molecule has 3 aromatic rings. The minimum absolute atomic E-state index is 0.127. The maximum Gasteiger partial charge on any atom is 0.227 e. The van der Waals surface area contributed by atoms with Crippen molar-refractivity contribution in [1.82, 2.24) is 4.57 Å². The van der Waals surface area contributed by atoms with Gasteiger partial charge in [-0.05, 0) is 42.8 Å². The Hall–Kier alpha value is -2.82. The number of amides is 1. The summed E-state index contributed by atoms with van der Waals surface area (Å²) >= 11 is 0. The van der Waals surface area contributed by atoms with Crippen molar-refractivity contribution in [3.05, 3.63) is 60.5 Å². The molecule has 0 radical (unpaired) electrons. The lowest BCUT2D eigenvalue weighted by Crippen LogP contribution is -2.15. The Morgan fingerprint density at radius 1 is 1.20 bits per heavy atom. The molecule has 0 aliphatic rings. The first-order valence-electron chi connectivity index (χ1n) is 8.43.